The molecular formula is C33H44FN3O6. The Morgan fingerprint density at radius 1 is 1.05 bits per heavy atom. The van der Waals surface area contributed by atoms with Crippen molar-refractivity contribution in [2.45, 2.75) is 90.4 Å². The summed E-state index contributed by atoms with van der Waals surface area (Å²) >= 11 is 0. The number of piperidine rings is 1. The van der Waals surface area contributed by atoms with Gasteiger partial charge in [-0.25, -0.2) is 14.0 Å². The van der Waals surface area contributed by atoms with Crippen molar-refractivity contribution < 1.29 is 33.4 Å². The molecule has 2 aliphatic rings. The molecule has 0 aromatic heterocycles. The van der Waals surface area contributed by atoms with Crippen LogP contribution < -0.4 is 10.1 Å². The predicted octanol–water partition coefficient (Wildman–Crippen LogP) is 4.70. The number of carbonyl (C=O) groups is 3. The molecule has 0 spiro atoms. The minimum absolute atomic E-state index is 0.0555. The Morgan fingerprint density at radius 2 is 1.70 bits per heavy atom. The lowest BCUT2D eigenvalue weighted by Crippen LogP contribution is -2.60. The highest BCUT2D eigenvalue weighted by Gasteiger charge is 2.44. The maximum atomic E-state index is 15.5. The van der Waals surface area contributed by atoms with Crippen molar-refractivity contribution in [3.63, 3.8) is 0 Å². The van der Waals surface area contributed by atoms with Gasteiger partial charge in [-0.3, -0.25) is 15.0 Å². The van der Waals surface area contributed by atoms with Crippen LogP contribution in [0, 0.1) is 12.8 Å². The van der Waals surface area contributed by atoms with Crippen LogP contribution in [-0.4, -0.2) is 76.0 Å². The molecule has 234 valence electrons. The molecule has 0 saturated carbocycles. The van der Waals surface area contributed by atoms with Crippen molar-refractivity contribution in [2.24, 2.45) is 5.92 Å². The number of amides is 2. The molecule has 4 atom stereocenters. The van der Waals surface area contributed by atoms with Crippen LogP contribution in [0.4, 0.5) is 9.18 Å². The van der Waals surface area contributed by atoms with E-state index in [1.54, 1.807) is 58.9 Å². The van der Waals surface area contributed by atoms with Gasteiger partial charge in [0, 0.05) is 31.5 Å². The molecule has 2 aromatic rings. The Bertz CT molecular complexity index is 1290. The molecule has 0 aliphatic carbocycles. The van der Waals surface area contributed by atoms with E-state index in [2.05, 4.69) is 5.32 Å². The van der Waals surface area contributed by atoms with E-state index in [4.69, 9.17) is 9.47 Å². The number of aliphatic hydroxyl groups is 1. The third kappa shape index (κ3) is 7.92. The number of alkyl halides is 1. The van der Waals surface area contributed by atoms with E-state index in [0.717, 1.165) is 11.1 Å². The summed E-state index contributed by atoms with van der Waals surface area (Å²) < 4.78 is 26.1. The summed E-state index contributed by atoms with van der Waals surface area (Å²) in [5.74, 6) is -1.93. The lowest BCUT2D eigenvalue weighted by Gasteiger charge is -2.37. The van der Waals surface area contributed by atoms with Crippen molar-refractivity contribution in [1.82, 2.24) is 15.1 Å². The lowest BCUT2D eigenvalue weighted by molar-refractivity contribution is -0.164. The fourth-order valence-corrected chi connectivity index (χ4v) is 5.58. The zero-order valence-corrected chi connectivity index (χ0v) is 25.9. The minimum Gasteiger partial charge on any atom is -0.444 e. The minimum atomic E-state index is -2.31. The van der Waals surface area contributed by atoms with E-state index >= 15 is 4.39 Å². The van der Waals surface area contributed by atoms with Gasteiger partial charge in [0.05, 0.1) is 6.04 Å². The summed E-state index contributed by atoms with van der Waals surface area (Å²) in [6.07, 6.45) is -0.873. The number of hydrogen-bond acceptors (Lipinski definition) is 7. The van der Waals surface area contributed by atoms with E-state index in [0.29, 0.717) is 32.5 Å². The number of nitrogens with zero attached hydrogens (tertiary/aromatic N) is 2. The van der Waals surface area contributed by atoms with Crippen LogP contribution in [-0.2, 0) is 20.9 Å². The van der Waals surface area contributed by atoms with Crippen molar-refractivity contribution in [2.75, 3.05) is 19.6 Å². The average Bonchev–Trinajstić information content (AvgIpc) is 3.28. The number of benzene rings is 2. The molecule has 43 heavy (non-hydrogen) atoms. The predicted molar refractivity (Wildman–Crippen MR) is 160 cm³/mol. The summed E-state index contributed by atoms with van der Waals surface area (Å²) in [7, 11) is 0. The second-order valence-electron chi connectivity index (χ2n) is 13.0. The van der Waals surface area contributed by atoms with Crippen LogP contribution in [0.3, 0.4) is 0 Å². The number of esters is 1. The van der Waals surface area contributed by atoms with Gasteiger partial charge in [-0.15, -0.1) is 0 Å². The summed E-state index contributed by atoms with van der Waals surface area (Å²) in [6, 6.07) is 14.3. The zero-order chi connectivity index (χ0) is 31.5. The lowest BCUT2D eigenvalue weighted by atomic mass is 9.87. The molecule has 2 saturated heterocycles. The second-order valence-corrected chi connectivity index (χ2v) is 13.0. The molecule has 0 radical (unpaired) electrons. The van der Waals surface area contributed by atoms with Gasteiger partial charge in [0.15, 0.2) is 0 Å². The Hall–Kier alpha value is -3.50. The molecule has 2 aliphatic heterocycles. The molecule has 2 amide bonds. The Balaban J connectivity index is 1.33. The first-order valence-electron chi connectivity index (χ1n) is 14.9. The van der Waals surface area contributed by atoms with Crippen molar-refractivity contribution in [3.8, 4) is 5.75 Å². The van der Waals surface area contributed by atoms with Crippen LogP contribution in [0.2, 0.25) is 0 Å². The van der Waals surface area contributed by atoms with Gasteiger partial charge in [-0.1, -0.05) is 55.8 Å². The zero-order valence-electron chi connectivity index (χ0n) is 25.9. The maximum Gasteiger partial charge on any atom is 0.410 e. The molecule has 0 bridgehead atoms. The monoisotopic (exact) mass is 597 g/mol. The third-order valence-electron chi connectivity index (χ3n) is 8.13. The number of aryl methyl sites for hydroxylation is 1. The third-order valence-corrected chi connectivity index (χ3v) is 8.13. The first kappa shape index (κ1) is 32.4. The molecule has 1 unspecified atom stereocenters. The quantitative estimate of drug-likeness (QED) is 0.258. The number of hydrogen-bond donors (Lipinski definition) is 2. The molecule has 9 nitrogen and oxygen atoms in total. The van der Waals surface area contributed by atoms with Gasteiger partial charge in [-0.2, -0.15) is 0 Å². The van der Waals surface area contributed by atoms with Crippen molar-refractivity contribution in [1.29, 1.82) is 0 Å². The summed E-state index contributed by atoms with van der Waals surface area (Å²) in [6.45, 7) is 12.2. The smallest absolute Gasteiger partial charge is 0.410 e. The number of likely N-dealkylation sites (tertiary alicyclic amines) is 2. The first-order valence-corrected chi connectivity index (χ1v) is 14.9. The SMILES string of the molecule is Cc1ccc(CN2CC[C@@H](N3CC[C@@H](c4ccc(OC(=O)C(O)(NC(=O)OC(C)(C)C)C(C)C)cc4)[C@H](F)C3)C2=O)cc1. The number of rotatable bonds is 8. The van der Waals surface area contributed by atoms with Gasteiger partial charge in [0.1, 0.15) is 17.5 Å². The Morgan fingerprint density at radius 3 is 2.28 bits per heavy atom. The maximum absolute atomic E-state index is 15.5. The molecule has 2 aromatic carbocycles. The van der Waals surface area contributed by atoms with E-state index in [9.17, 15) is 19.5 Å². The van der Waals surface area contributed by atoms with Crippen LogP contribution in [0.5, 0.6) is 5.75 Å². The summed E-state index contributed by atoms with van der Waals surface area (Å²) in [5, 5.41) is 13.2. The largest absolute Gasteiger partial charge is 0.444 e. The summed E-state index contributed by atoms with van der Waals surface area (Å²) in [4.78, 5) is 42.2. The van der Waals surface area contributed by atoms with Crippen LogP contribution in [0.15, 0.2) is 48.5 Å². The highest BCUT2D eigenvalue weighted by molar-refractivity contribution is 5.86. The number of nitrogens with one attached hydrogen (secondary N) is 1. The van der Waals surface area contributed by atoms with Crippen molar-refractivity contribution in [3.05, 3.63) is 65.2 Å². The number of halogens is 1. The van der Waals surface area contributed by atoms with Crippen LogP contribution in [0.1, 0.15) is 70.1 Å². The van der Waals surface area contributed by atoms with Crippen molar-refractivity contribution >= 4 is 18.0 Å². The van der Waals surface area contributed by atoms with Gasteiger partial charge in [-0.05, 0) is 70.3 Å². The van der Waals surface area contributed by atoms with Gasteiger partial charge in [0.25, 0.3) is 0 Å². The van der Waals surface area contributed by atoms with E-state index in [1.807, 2.05) is 41.0 Å². The fourth-order valence-electron chi connectivity index (χ4n) is 5.58. The molecule has 10 heteroatoms. The van der Waals surface area contributed by atoms with Crippen LogP contribution >= 0.6 is 0 Å². The molecule has 2 N–H and O–H groups in total. The highest BCUT2D eigenvalue weighted by Crippen LogP contribution is 2.34. The van der Waals surface area contributed by atoms with E-state index in [1.165, 1.54) is 5.56 Å². The standard InChI is InChI=1S/C33H44FN3O6/c1-21(2)33(41,35-31(40)43-32(4,5)6)30(39)42-25-13-11-24(12-14-25)26-15-17-36(20-27(26)34)28-16-18-37(29(28)38)19-23-9-7-22(3)8-10-23/h7-14,21,26-28,41H,15-20H2,1-6H3,(H,35,40)/t26-,27+,28+,33?/m0/s1. The Kier molecular flexibility index (Phi) is 9.81. The Labute approximate surface area is 253 Å². The highest BCUT2D eigenvalue weighted by atomic mass is 19.1. The van der Waals surface area contributed by atoms with E-state index in [-0.39, 0.29) is 30.2 Å². The molecule has 4 rings (SSSR count). The molecular weight excluding hydrogens is 553 g/mol. The average molecular weight is 598 g/mol. The number of carbonyl (C=O) groups excluding carboxylic acids is 3. The van der Waals surface area contributed by atoms with E-state index < -0.39 is 35.5 Å². The molecule has 2 fully saturated rings. The van der Waals surface area contributed by atoms with Gasteiger partial charge in [0.2, 0.25) is 11.6 Å². The van der Waals surface area contributed by atoms with Gasteiger partial charge >= 0.3 is 12.1 Å². The van der Waals surface area contributed by atoms with Crippen LogP contribution in [0.25, 0.3) is 0 Å². The summed E-state index contributed by atoms with van der Waals surface area (Å²) in [5.41, 5.74) is -0.111. The number of alkyl carbamates (subject to hydrolysis) is 1. The fraction of sp³-hybridized carbons (Fsp3) is 0.545. The first-order chi connectivity index (χ1) is 20.2. The number of ether oxygens (including phenoxy) is 2. The molecule has 2 heterocycles. The normalized spacial score (nSPS) is 22.8. The van der Waals surface area contributed by atoms with Gasteiger partial charge < -0.3 is 19.5 Å². The topological polar surface area (TPSA) is 108 Å². The second kappa shape index (κ2) is 13.0.